The molecule has 0 aliphatic heterocycles. The first-order valence-corrected chi connectivity index (χ1v) is 5.38. The first-order valence-electron chi connectivity index (χ1n) is 4.84. The lowest BCUT2D eigenvalue weighted by Crippen LogP contribution is -2.32. The predicted octanol–water partition coefficient (Wildman–Crippen LogP) is 0.566. The molecule has 0 fully saturated rings. The minimum Gasteiger partial charge on any atom is -0.480 e. The van der Waals surface area contributed by atoms with E-state index < -0.39 is 11.4 Å². The minimum absolute atomic E-state index is 0.169. The van der Waals surface area contributed by atoms with E-state index in [1.807, 2.05) is 0 Å². The monoisotopic (exact) mass is 260 g/mol. The van der Waals surface area contributed by atoms with Gasteiger partial charge in [0.15, 0.2) is 5.82 Å². The number of aliphatic carboxylic acids is 1. The van der Waals surface area contributed by atoms with Gasteiger partial charge in [-0.3, -0.25) is 9.59 Å². The van der Waals surface area contributed by atoms with Gasteiger partial charge in [0, 0.05) is 5.88 Å². The lowest BCUT2D eigenvalue weighted by Gasteiger charge is -2.18. The van der Waals surface area contributed by atoms with Crippen LogP contribution in [-0.4, -0.2) is 37.9 Å². The maximum absolute atomic E-state index is 11.7. The number of rotatable bonds is 5. The molecular weight excluding hydrogens is 248 g/mol. The van der Waals surface area contributed by atoms with Crippen LogP contribution >= 0.6 is 11.6 Å². The largest absolute Gasteiger partial charge is 0.480 e. The molecule has 0 radical (unpaired) electrons. The first kappa shape index (κ1) is 13.4. The fourth-order valence-electron chi connectivity index (χ4n) is 0.918. The average Bonchev–Trinajstić information content (AvgIpc) is 2.64. The third-order valence-corrected chi connectivity index (χ3v) is 2.69. The third-order valence-electron chi connectivity index (χ3n) is 2.03. The van der Waals surface area contributed by atoms with Gasteiger partial charge in [0.25, 0.3) is 0 Å². The zero-order valence-corrected chi connectivity index (χ0v) is 10.2. The Labute approximate surface area is 103 Å². The SMILES string of the molecule is CC(C)(CCl)C(=O)Nc1cn(CC(=O)O)nn1. The van der Waals surface area contributed by atoms with Crippen molar-refractivity contribution in [2.45, 2.75) is 20.4 Å². The topological polar surface area (TPSA) is 97.1 Å². The van der Waals surface area contributed by atoms with E-state index in [2.05, 4.69) is 15.6 Å². The Balaban J connectivity index is 2.67. The van der Waals surface area contributed by atoms with Crippen LogP contribution in [0.15, 0.2) is 6.20 Å². The molecule has 0 aromatic carbocycles. The van der Waals surface area contributed by atoms with Crippen molar-refractivity contribution in [1.82, 2.24) is 15.0 Å². The van der Waals surface area contributed by atoms with Gasteiger partial charge in [-0.2, -0.15) is 0 Å². The lowest BCUT2D eigenvalue weighted by atomic mass is 9.95. The van der Waals surface area contributed by atoms with Crippen LogP contribution in [0.1, 0.15) is 13.8 Å². The van der Waals surface area contributed by atoms with Gasteiger partial charge in [-0.1, -0.05) is 5.21 Å². The number of halogens is 1. The quantitative estimate of drug-likeness (QED) is 0.754. The maximum atomic E-state index is 11.7. The fraction of sp³-hybridized carbons (Fsp3) is 0.556. The second-order valence-electron chi connectivity index (χ2n) is 4.17. The summed E-state index contributed by atoms with van der Waals surface area (Å²) >= 11 is 5.65. The highest BCUT2D eigenvalue weighted by molar-refractivity contribution is 6.20. The molecular formula is C9H13ClN4O3. The second-order valence-corrected chi connectivity index (χ2v) is 4.43. The van der Waals surface area contributed by atoms with E-state index in [4.69, 9.17) is 16.7 Å². The number of carbonyl (C=O) groups is 2. The Morgan fingerprint density at radius 3 is 2.76 bits per heavy atom. The summed E-state index contributed by atoms with van der Waals surface area (Å²) in [6, 6.07) is 0. The van der Waals surface area contributed by atoms with Crippen LogP contribution in [0.25, 0.3) is 0 Å². The van der Waals surface area contributed by atoms with Crippen molar-refractivity contribution >= 4 is 29.3 Å². The number of alkyl halides is 1. The van der Waals surface area contributed by atoms with Crippen LogP contribution in [0, 0.1) is 5.41 Å². The van der Waals surface area contributed by atoms with Crippen molar-refractivity contribution < 1.29 is 14.7 Å². The number of anilines is 1. The van der Waals surface area contributed by atoms with Gasteiger partial charge in [-0.05, 0) is 13.8 Å². The van der Waals surface area contributed by atoms with Crippen LogP contribution in [0.2, 0.25) is 0 Å². The van der Waals surface area contributed by atoms with Gasteiger partial charge in [0.1, 0.15) is 6.54 Å². The van der Waals surface area contributed by atoms with Crippen LogP contribution in [0.3, 0.4) is 0 Å². The van der Waals surface area contributed by atoms with Crippen molar-refractivity contribution in [3.05, 3.63) is 6.20 Å². The molecule has 8 heteroatoms. The fourth-order valence-corrected chi connectivity index (χ4v) is 1.04. The van der Waals surface area contributed by atoms with Gasteiger partial charge < -0.3 is 10.4 Å². The Morgan fingerprint density at radius 1 is 1.59 bits per heavy atom. The zero-order chi connectivity index (χ0) is 13.1. The summed E-state index contributed by atoms with van der Waals surface area (Å²) in [7, 11) is 0. The lowest BCUT2D eigenvalue weighted by molar-refractivity contribution is -0.137. The first-order chi connectivity index (χ1) is 7.85. The number of amides is 1. The van der Waals surface area contributed by atoms with Crippen molar-refractivity contribution in [2.24, 2.45) is 5.41 Å². The Bertz CT molecular complexity index is 430. The van der Waals surface area contributed by atoms with E-state index in [1.165, 1.54) is 6.20 Å². The summed E-state index contributed by atoms with van der Waals surface area (Å²) in [5, 5.41) is 18.2. The van der Waals surface area contributed by atoms with E-state index in [9.17, 15) is 9.59 Å². The highest BCUT2D eigenvalue weighted by atomic mass is 35.5. The molecule has 0 atom stereocenters. The van der Waals surface area contributed by atoms with Crippen molar-refractivity contribution in [2.75, 3.05) is 11.2 Å². The molecule has 1 rings (SSSR count). The van der Waals surface area contributed by atoms with E-state index in [0.29, 0.717) is 0 Å². The van der Waals surface area contributed by atoms with Gasteiger partial charge >= 0.3 is 5.97 Å². The van der Waals surface area contributed by atoms with Crippen LogP contribution < -0.4 is 5.32 Å². The van der Waals surface area contributed by atoms with Gasteiger partial charge in [0.2, 0.25) is 5.91 Å². The molecule has 94 valence electrons. The number of carboxylic acids is 1. The number of carboxylic acid groups (broad SMARTS) is 1. The molecule has 1 amide bonds. The summed E-state index contributed by atoms with van der Waals surface area (Å²) in [5.41, 5.74) is -0.724. The van der Waals surface area contributed by atoms with Crippen molar-refractivity contribution in [1.29, 1.82) is 0 Å². The van der Waals surface area contributed by atoms with Gasteiger partial charge in [0.05, 0.1) is 11.6 Å². The standard InChI is InChI=1S/C9H13ClN4O3/c1-9(2,5-10)8(17)11-6-3-14(13-12-6)4-7(15)16/h3H,4-5H2,1-2H3,(H,11,17)(H,15,16). The molecule has 0 bridgehead atoms. The molecule has 0 spiro atoms. The molecule has 0 aliphatic rings. The zero-order valence-electron chi connectivity index (χ0n) is 9.47. The Morgan fingerprint density at radius 2 is 2.24 bits per heavy atom. The van der Waals surface area contributed by atoms with E-state index >= 15 is 0 Å². The highest BCUT2D eigenvalue weighted by Crippen LogP contribution is 2.19. The minimum atomic E-state index is -1.03. The van der Waals surface area contributed by atoms with Gasteiger partial charge in [-0.15, -0.1) is 16.7 Å². The number of nitrogens with one attached hydrogen (secondary N) is 1. The molecule has 0 saturated heterocycles. The normalized spacial score (nSPS) is 11.2. The second kappa shape index (κ2) is 5.13. The van der Waals surface area contributed by atoms with Gasteiger partial charge in [-0.25, -0.2) is 4.68 Å². The summed E-state index contributed by atoms with van der Waals surface area (Å²) in [6.45, 7) is 3.08. The number of carbonyl (C=O) groups excluding carboxylic acids is 1. The summed E-state index contributed by atoms with van der Waals surface area (Å²) in [6.07, 6.45) is 1.34. The predicted molar refractivity (Wildman–Crippen MR) is 60.8 cm³/mol. The molecule has 1 heterocycles. The molecule has 0 saturated carbocycles. The molecule has 0 unspecified atom stereocenters. The number of aromatic nitrogens is 3. The highest BCUT2D eigenvalue weighted by Gasteiger charge is 2.27. The number of hydrogen-bond donors (Lipinski definition) is 2. The molecule has 0 aliphatic carbocycles. The molecule has 1 aromatic heterocycles. The molecule has 7 nitrogen and oxygen atoms in total. The summed E-state index contributed by atoms with van der Waals surface area (Å²) < 4.78 is 1.12. The van der Waals surface area contributed by atoms with E-state index in [0.717, 1.165) is 4.68 Å². The summed E-state index contributed by atoms with van der Waals surface area (Å²) in [4.78, 5) is 22.1. The van der Waals surface area contributed by atoms with E-state index in [1.54, 1.807) is 13.8 Å². The molecule has 1 aromatic rings. The molecule has 2 N–H and O–H groups in total. The Kier molecular flexibility index (Phi) is 4.06. The molecule has 17 heavy (non-hydrogen) atoms. The summed E-state index contributed by atoms with van der Waals surface area (Å²) in [5.74, 6) is -0.958. The van der Waals surface area contributed by atoms with Crippen LogP contribution in [0.4, 0.5) is 5.82 Å². The average molecular weight is 261 g/mol. The smallest absolute Gasteiger partial charge is 0.325 e. The van der Waals surface area contributed by atoms with Crippen LogP contribution in [-0.2, 0) is 16.1 Å². The van der Waals surface area contributed by atoms with Crippen molar-refractivity contribution in [3.8, 4) is 0 Å². The number of hydrogen-bond acceptors (Lipinski definition) is 4. The maximum Gasteiger partial charge on any atom is 0.325 e. The number of nitrogens with zero attached hydrogens (tertiary/aromatic N) is 3. The van der Waals surface area contributed by atoms with Crippen LogP contribution in [0.5, 0.6) is 0 Å². The van der Waals surface area contributed by atoms with E-state index in [-0.39, 0.29) is 24.1 Å². The Hall–Kier alpha value is -1.63. The van der Waals surface area contributed by atoms with Crippen molar-refractivity contribution in [3.63, 3.8) is 0 Å². The third kappa shape index (κ3) is 3.70.